The lowest BCUT2D eigenvalue weighted by Gasteiger charge is -2.31. The maximum Gasteiger partial charge on any atom is 0.326 e. The Morgan fingerprint density at radius 2 is 1.29 bits per heavy atom. The number of aryl methyl sites for hydroxylation is 1. The van der Waals surface area contributed by atoms with E-state index in [1.165, 1.54) is 36.7 Å². The molecule has 4 aromatic rings. The molecule has 3 aliphatic rings. The zero-order valence-electron chi connectivity index (χ0n) is 61.4. The minimum Gasteiger partial charge on any atom is -0.508 e. The Bertz CT molecular complexity index is 4130. The highest BCUT2D eigenvalue weighted by atomic mass is 33.1. The summed E-state index contributed by atoms with van der Waals surface area (Å²) >= 11 is 0. The van der Waals surface area contributed by atoms with Crippen LogP contribution in [0.4, 0.5) is 4.79 Å². The number of phenolic OH excluding ortho intramolecular Hbond substituents is 1. The van der Waals surface area contributed by atoms with E-state index in [0.29, 0.717) is 22.0 Å². The zero-order chi connectivity index (χ0) is 82.6. The highest BCUT2D eigenvalue weighted by Crippen LogP contribution is 2.26. The van der Waals surface area contributed by atoms with Gasteiger partial charge in [0.1, 0.15) is 78.3 Å². The molecule has 7 rings (SSSR count). The normalized spacial score (nSPS) is 23.8. The average molecular weight is 1620 g/mol. The fourth-order valence-electron chi connectivity index (χ4n) is 12.4. The number of rotatable bonds is 23. The molecule has 15 amide bonds. The van der Waals surface area contributed by atoms with Gasteiger partial charge in [0.25, 0.3) is 0 Å². The molecule has 113 heavy (non-hydrogen) atoms. The number of carboxylic acid groups (broad SMARTS) is 2. The highest BCUT2D eigenvalue weighted by Gasteiger charge is 2.43. The molecule has 0 radical (unpaired) electrons. The van der Waals surface area contributed by atoms with Gasteiger partial charge in [0.15, 0.2) is 5.96 Å². The molecular weight excluding hydrogens is 1520 g/mol. The number of carboxylic acids is 2. The predicted octanol–water partition coefficient (Wildman–Crippen LogP) is -7.12. The Balaban J connectivity index is 1.40. The maximum atomic E-state index is 15.3. The van der Waals surface area contributed by atoms with Crippen LogP contribution in [0.25, 0.3) is 10.9 Å². The molecule has 4 bridgehead atoms. The Morgan fingerprint density at radius 3 is 1.96 bits per heavy atom. The lowest BCUT2D eigenvalue weighted by Crippen LogP contribution is -2.62. The number of amides is 15. The molecule has 13 atom stereocenters. The monoisotopic (exact) mass is 1620 g/mol. The second kappa shape index (κ2) is 43.1. The number of H-pyrrole nitrogens is 1. The van der Waals surface area contributed by atoms with Crippen molar-refractivity contribution in [1.82, 2.24) is 94.0 Å². The minimum atomic E-state index is -2.06. The van der Waals surface area contributed by atoms with Gasteiger partial charge in [-0.05, 0) is 100 Å². The lowest BCUT2D eigenvalue weighted by molar-refractivity contribution is -0.146. The molecule has 614 valence electrons. The van der Waals surface area contributed by atoms with E-state index in [1.54, 1.807) is 24.3 Å². The first-order valence-electron chi connectivity index (χ1n) is 36.1. The third-order valence-corrected chi connectivity index (χ3v) is 20.7. The smallest absolute Gasteiger partial charge is 0.326 e. The van der Waals surface area contributed by atoms with Gasteiger partial charge < -0.3 is 122 Å². The Morgan fingerprint density at radius 1 is 0.681 bits per heavy atom. The van der Waals surface area contributed by atoms with Crippen molar-refractivity contribution >= 4 is 133 Å². The van der Waals surface area contributed by atoms with Gasteiger partial charge in [-0.15, -0.1) is 5.10 Å². The minimum absolute atomic E-state index is 0.0267. The number of aromatic amines is 1. The number of aromatic hydroxyl groups is 1. The number of primary amides is 2. The Kier molecular flexibility index (Phi) is 33.7. The summed E-state index contributed by atoms with van der Waals surface area (Å²) in [6, 6.07) is -9.92. The molecule has 2 fully saturated rings. The summed E-state index contributed by atoms with van der Waals surface area (Å²) in [5.41, 5.74) is 23.7. The van der Waals surface area contributed by atoms with Gasteiger partial charge in [0.05, 0.1) is 31.3 Å². The van der Waals surface area contributed by atoms with Gasteiger partial charge >= 0.3 is 18.0 Å². The number of urea groups is 1. The van der Waals surface area contributed by atoms with Gasteiger partial charge in [0, 0.05) is 73.7 Å². The number of aromatic nitrogens is 4. The number of hydrogen-bond acceptors (Lipinski definition) is 24. The number of benzene rings is 2. The number of aliphatic carboxylic acids is 2. The molecule has 2 saturated heterocycles. The molecule has 45 heteroatoms. The number of carbonyl (C=O) groups is 16. The molecule has 3 aliphatic heterocycles. The van der Waals surface area contributed by atoms with Crippen LogP contribution in [0.2, 0.25) is 0 Å². The number of aliphatic hydroxyl groups excluding tert-OH is 1. The average Bonchev–Trinajstić information content (AvgIpc) is 1.73. The van der Waals surface area contributed by atoms with Gasteiger partial charge in [-0.3, -0.25) is 72.5 Å². The second-order valence-corrected chi connectivity index (χ2v) is 29.5. The third kappa shape index (κ3) is 27.5. The summed E-state index contributed by atoms with van der Waals surface area (Å²) in [6.45, 7) is -0.821. The number of hydrogen-bond donors (Lipinski definition) is 23. The van der Waals surface area contributed by atoms with Crippen molar-refractivity contribution < 1.29 is 97.1 Å². The van der Waals surface area contributed by atoms with E-state index in [4.69, 9.17) is 28.3 Å². The van der Waals surface area contributed by atoms with E-state index in [-0.39, 0.29) is 102 Å². The molecule has 2 aromatic carbocycles. The van der Waals surface area contributed by atoms with Crippen molar-refractivity contribution in [2.75, 3.05) is 37.7 Å². The van der Waals surface area contributed by atoms with Crippen molar-refractivity contribution in [2.45, 2.75) is 182 Å². The first-order valence-corrected chi connectivity index (χ1v) is 38.6. The summed E-state index contributed by atoms with van der Waals surface area (Å²) in [6.07, 6.45) is -3.42. The number of guanidine groups is 1. The van der Waals surface area contributed by atoms with Crippen LogP contribution in [0, 0.1) is 5.41 Å². The van der Waals surface area contributed by atoms with Crippen LogP contribution >= 0.6 is 21.6 Å². The number of nitrogens with two attached hydrogens (primary N) is 4. The van der Waals surface area contributed by atoms with Crippen molar-refractivity contribution in [3.63, 3.8) is 0 Å². The quantitative estimate of drug-likeness (QED) is 0.0142. The van der Waals surface area contributed by atoms with Crippen molar-refractivity contribution in [3.05, 3.63) is 77.7 Å². The number of carbonyl (C=O) groups excluding carboxylic acids is 14. The molecule has 5 heterocycles. The van der Waals surface area contributed by atoms with E-state index in [0.717, 1.165) is 38.1 Å². The van der Waals surface area contributed by atoms with Crippen molar-refractivity contribution in [3.8, 4) is 5.75 Å². The molecule has 0 unspecified atom stereocenters. The van der Waals surface area contributed by atoms with E-state index >= 15 is 19.2 Å². The van der Waals surface area contributed by atoms with Gasteiger partial charge in [-0.25, -0.2) is 14.3 Å². The van der Waals surface area contributed by atoms with Crippen LogP contribution < -0.4 is 92.1 Å². The standard InChI is InChI=1S/C68H95N23O20S2/c1-33(92)54-64(107)83-45(26-53(96)97)65(108)91-23-7-14-50(91)63(106)81-42(12-5-21-74-67(71)72)57(100)86-49-32-113-112-31-48(77-52(95)27-69)61(104)85-47(60(103)87-54)30-90-29-36(88-89-90)8-4-11-40(56(99)84-46(66(109)110)24-34-15-17-37(93)18-16-34)78-58(101)43(19-20-51(70)94)80-59(102)44(25-35-28-76-39-10-3-2-9-38(35)39)82-55(98)41(79-62(49)105)13-6-22-75-68(73)111/h2-3,9-10,15-18,28-29,33,40-50,54,76,92-93H,4-8,11-14,19-27,30-32,69H2,1H3,(H2,70,94)(H,77,95)(H,78,101)(H,79,105)(H,80,102)(H,81,106)(H,82,98)(H,83,107)(H,84,99)(H,85,104)(H,86,100)(H,87,103)(H,96,97)(H,109,110)(H4,71,72,74)(H3,73,75,111)/t33-,40-,41+,42+,43+,44+,45+,46+,47+,48+,49+,50+,54+/m1/s1. The van der Waals surface area contributed by atoms with Gasteiger partial charge in [-0.1, -0.05) is 57.1 Å². The summed E-state index contributed by atoms with van der Waals surface area (Å²) in [7, 11) is 1.61. The van der Waals surface area contributed by atoms with Gasteiger partial charge in [0.2, 0.25) is 76.8 Å². The molecule has 27 N–H and O–H groups in total. The Hall–Kier alpha value is -11.9. The third-order valence-electron chi connectivity index (χ3n) is 18.3. The van der Waals surface area contributed by atoms with Crippen LogP contribution in [-0.2, 0) is 97.7 Å². The number of phenols is 1. The number of nitrogens with zero attached hydrogens (tertiary/aromatic N) is 4. The first kappa shape index (κ1) is 88.3. The summed E-state index contributed by atoms with van der Waals surface area (Å²) in [4.78, 5) is 231. The largest absolute Gasteiger partial charge is 0.508 e. The highest BCUT2D eigenvalue weighted by molar-refractivity contribution is 8.76. The fourth-order valence-corrected chi connectivity index (χ4v) is 14.8. The van der Waals surface area contributed by atoms with E-state index in [2.05, 4.69) is 84.4 Å². The summed E-state index contributed by atoms with van der Waals surface area (Å²) < 4.78 is 1.05. The van der Waals surface area contributed by atoms with E-state index in [9.17, 15) is 78.0 Å². The SMILES string of the molecule is C[C@@H](O)[C@@H]1NC(=O)[C@@H]2Cn3cc(nn3)CCC[C@H](C(=O)N[C@@H](Cc3ccc(O)cc3)C(=O)O)NC(=O)[C@H](CCC(N)=O)NC(=O)[C@H](Cc3c[nH]c4ccccc34)NC(=O)[C@H](CCCNC(N)=O)NC(=O)[C@H](CSSC[C@H](NC(=O)CN)C(=O)N2)NC(=O)[C@H](CCCNC(=N)N)NC(=O)[C@@H]2CCCN2C(=O)[C@H](CC(=O)O)NC1=O. The maximum absolute atomic E-state index is 15.3. The molecule has 2 aromatic heterocycles. The number of fused-ring (bicyclic) bond motifs is 12. The molecule has 0 saturated carbocycles. The van der Waals surface area contributed by atoms with E-state index in [1.807, 2.05) is 0 Å². The van der Waals surface area contributed by atoms with Crippen LogP contribution in [0.1, 0.15) is 94.4 Å². The number of aliphatic hydroxyl groups is 1. The Labute approximate surface area is 653 Å². The topological polar surface area (TPSA) is 688 Å². The summed E-state index contributed by atoms with van der Waals surface area (Å²) in [5.74, 6) is -19.1. The van der Waals surface area contributed by atoms with Crippen molar-refractivity contribution in [1.29, 1.82) is 5.41 Å². The lowest BCUT2D eigenvalue weighted by atomic mass is 10.0. The van der Waals surface area contributed by atoms with Crippen LogP contribution in [0.5, 0.6) is 5.75 Å². The predicted molar refractivity (Wildman–Crippen MR) is 403 cm³/mol. The molecular formula is C68H95N23O20S2. The van der Waals surface area contributed by atoms with Crippen LogP contribution in [0.15, 0.2) is 60.9 Å². The van der Waals surface area contributed by atoms with Crippen LogP contribution in [0.3, 0.4) is 0 Å². The molecule has 43 nitrogen and oxygen atoms in total. The zero-order valence-corrected chi connectivity index (χ0v) is 63.0. The fraction of sp³-hybridized carbons (Fsp3) is 0.515. The van der Waals surface area contributed by atoms with Gasteiger partial charge in [-0.2, -0.15) is 0 Å². The summed E-state index contributed by atoms with van der Waals surface area (Å²) in [5, 5.41) is 90.8. The van der Waals surface area contributed by atoms with Crippen molar-refractivity contribution in [2.24, 2.45) is 22.9 Å². The first-order chi connectivity index (χ1) is 53.8. The number of para-hydroxylation sites is 1. The van der Waals surface area contributed by atoms with E-state index < -0.39 is 223 Å². The van der Waals surface area contributed by atoms with Crippen LogP contribution in [-0.4, -0.2) is 262 Å². The molecule has 0 spiro atoms. The molecule has 0 aliphatic carbocycles. The number of nitrogens with one attached hydrogen (secondary N) is 15. The second-order valence-electron chi connectivity index (χ2n) is 27.0.